The van der Waals surface area contributed by atoms with Crippen LogP contribution in [0.25, 0.3) is 0 Å². The summed E-state index contributed by atoms with van der Waals surface area (Å²) in [4.78, 5) is 19.6. The van der Waals surface area contributed by atoms with E-state index in [9.17, 15) is 4.79 Å². The highest BCUT2D eigenvalue weighted by atomic mass is 35.5. The summed E-state index contributed by atoms with van der Waals surface area (Å²) in [5.41, 5.74) is 5.90. The molecule has 1 amide bonds. The molecule has 1 N–H and O–H groups in total. The van der Waals surface area contributed by atoms with Crippen molar-refractivity contribution in [1.29, 1.82) is 0 Å². The number of hydrogen-bond donors (Lipinski definition) is 1. The summed E-state index contributed by atoms with van der Waals surface area (Å²) in [6, 6.07) is 13.1. The van der Waals surface area contributed by atoms with Gasteiger partial charge in [-0.2, -0.15) is 0 Å². The molecule has 0 atom stereocenters. The maximum Gasteiger partial charge on any atom is 0.265 e. The van der Waals surface area contributed by atoms with Crippen LogP contribution in [0.2, 0.25) is 5.02 Å². The van der Waals surface area contributed by atoms with Crippen LogP contribution >= 0.6 is 23.4 Å². The Morgan fingerprint density at radius 2 is 1.81 bits per heavy atom. The first kappa shape index (κ1) is 20.3. The Morgan fingerprint density at radius 3 is 2.58 bits per heavy atom. The average molecular weight is 453 g/mol. The second-order valence-corrected chi connectivity index (χ2v) is 9.13. The minimum atomic E-state index is -0.111. The number of aliphatic imine (C=N–C) groups is 1. The van der Waals surface area contributed by atoms with Crippen LogP contribution in [0.1, 0.15) is 47.4 Å². The SMILES string of the molecule is O=C(NN1CCCCCC1)c1ccc2c(c1)N=C(c1ccc(Cl)cc1)c1oncc1S2. The number of nitrogens with one attached hydrogen (secondary N) is 1. The normalized spacial score (nSPS) is 16.5. The molecule has 0 aliphatic carbocycles. The number of amides is 1. The minimum absolute atomic E-state index is 0.111. The molecule has 1 fully saturated rings. The molecule has 1 aromatic heterocycles. The molecule has 0 bridgehead atoms. The van der Waals surface area contributed by atoms with Crippen molar-refractivity contribution in [3.05, 3.63) is 70.6 Å². The third-order valence-corrected chi connectivity index (χ3v) is 6.74. The van der Waals surface area contributed by atoms with Gasteiger partial charge in [0.25, 0.3) is 5.91 Å². The number of rotatable bonds is 3. The minimum Gasteiger partial charge on any atom is -0.353 e. The van der Waals surface area contributed by atoms with Crippen LogP contribution in [0.3, 0.4) is 0 Å². The van der Waals surface area contributed by atoms with Crippen molar-refractivity contribution < 1.29 is 9.32 Å². The van der Waals surface area contributed by atoms with Gasteiger partial charge in [0.1, 0.15) is 5.71 Å². The van der Waals surface area contributed by atoms with Gasteiger partial charge >= 0.3 is 0 Å². The summed E-state index contributed by atoms with van der Waals surface area (Å²) < 4.78 is 5.53. The van der Waals surface area contributed by atoms with E-state index in [0.717, 1.165) is 47.0 Å². The number of fused-ring (bicyclic) bond motifs is 2. The molecule has 0 unspecified atom stereocenters. The van der Waals surface area contributed by atoms with Gasteiger partial charge in [-0.05, 0) is 43.2 Å². The molecular formula is C23H21ClN4O2S. The zero-order chi connectivity index (χ0) is 21.2. The van der Waals surface area contributed by atoms with E-state index >= 15 is 0 Å². The fourth-order valence-corrected chi connectivity index (χ4v) is 4.81. The first-order valence-corrected chi connectivity index (χ1v) is 11.5. The molecule has 3 aromatic rings. The zero-order valence-corrected chi connectivity index (χ0v) is 18.4. The summed E-state index contributed by atoms with van der Waals surface area (Å²) in [6.45, 7) is 1.78. The van der Waals surface area contributed by atoms with E-state index in [4.69, 9.17) is 21.1 Å². The Labute approximate surface area is 189 Å². The van der Waals surface area contributed by atoms with E-state index in [0.29, 0.717) is 22.1 Å². The van der Waals surface area contributed by atoms with Gasteiger partial charge in [0.15, 0.2) is 5.76 Å². The maximum absolute atomic E-state index is 12.9. The lowest BCUT2D eigenvalue weighted by atomic mass is 10.1. The second kappa shape index (κ2) is 8.86. The van der Waals surface area contributed by atoms with Gasteiger partial charge in [-0.3, -0.25) is 10.2 Å². The summed E-state index contributed by atoms with van der Waals surface area (Å²) in [6.07, 6.45) is 6.34. The van der Waals surface area contributed by atoms with Crippen molar-refractivity contribution in [2.24, 2.45) is 4.99 Å². The van der Waals surface area contributed by atoms with Crippen molar-refractivity contribution in [3.63, 3.8) is 0 Å². The van der Waals surface area contributed by atoms with Gasteiger partial charge in [0, 0.05) is 34.1 Å². The zero-order valence-electron chi connectivity index (χ0n) is 16.8. The molecule has 8 heteroatoms. The van der Waals surface area contributed by atoms with Crippen LogP contribution in [-0.2, 0) is 0 Å². The highest BCUT2D eigenvalue weighted by Crippen LogP contribution is 2.41. The largest absolute Gasteiger partial charge is 0.353 e. The topological polar surface area (TPSA) is 70.7 Å². The van der Waals surface area contributed by atoms with Crippen molar-refractivity contribution in [2.45, 2.75) is 35.5 Å². The third kappa shape index (κ3) is 4.39. The Hall–Kier alpha value is -2.61. The van der Waals surface area contributed by atoms with E-state index in [-0.39, 0.29) is 5.91 Å². The number of benzene rings is 2. The van der Waals surface area contributed by atoms with Crippen LogP contribution < -0.4 is 5.43 Å². The molecule has 31 heavy (non-hydrogen) atoms. The Balaban J connectivity index is 1.49. The van der Waals surface area contributed by atoms with Gasteiger partial charge in [0.2, 0.25) is 0 Å². The average Bonchev–Trinajstić information content (AvgIpc) is 2.99. The molecule has 1 saturated heterocycles. The van der Waals surface area contributed by atoms with Crippen LogP contribution in [0, 0.1) is 0 Å². The number of hydrazine groups is 1. The molecule has 158 valence electrons. The number of carbonyl (C=O) groups is 1. The van der Waals surface area contributed by atoms with Crippen molar-refractivity contribution >= 4 is 40.7 Å². The smallest absolute Gasteiger partial charge is 0.265 e. The Bertz CT molecular complexity index is 1130. The van der Waals surface area contributed by atoms with Gasteiger partial charge in [-0.15, -0.1) is 0 Å². The molecule has 0 spiro atoms. The van der Waals surface area contributed by atoms with Crippen LogP contribution in [0.4, 0.5) is 5.69 Å². The number of nitrogens with zero attached hydrogens (tertiary/aromatic N) is 3. The highest BCUT2D eigenvalue weighted by molar-refractivity contribution is 7.99. The Morgan fingerprint density at radius 1 is 1.03 bits per heavy atom. The summed E-state index contributed by atoms with van der Waals surface area (Å²) in [5.74, 6) is 0.500. The van der Waals surface area contributed by atoms with Crippen LogP contribution in [-0.4, -0.2) is 34.9 Å². The first-order valence-electron chi connectivity index (χ1n) is 10.3. The molecule has 2 aromatic carbocycles. The molecule has 6 nitrogen and oxygen atoms in total. The van der Waals surface area contributed by atoms with Gasteiger partial charge in [-0.25, -0.2) is 10.0 Å². The lowest BCUT2D eigenvalue weighted by molar-refractivity contribution is 0.0794. The number of hydrogen-bond acceptors (Lipinski definition) is 6. The fraction of sp³-hybridized carbons (Fsp3) is 0.261. The highest BCUT2D eigenvalue weighted by Gasteiger charge is 2.24. The maximum atomic E-state index is 12.9. The van der Waals surface area contributed by atoms with Crippen molar-refractivity contribution in [1.82, 2.24) is 15.6 Å². The Kier molecular flexibility index (Phi) is 5.80. The van der Waals surface area contributed by atoms with Crippen LogP contribution in [0.15, 0.2) is 68.0 Å². The van der Waals surface area contributed by atoms with Crippen molar-refractivity contribution in [3.8, 4) is 0 Å². The van der Waals surface area contributed by atoms with Gasteiger partial charge < -0.3 is 4.52 Å². The predicted molar refractivity (Wildman–Crippen MR) is 121 cm³/mol. The lowest BCUT2D eigenvalue weighted by Gasteiger charge is -2.21. The van der Waals surface area contributed by atoms with E-state index in [1.54, 1.807) is 6.20 Å². The standard InChI is InChI=1S/C23H21ClN4O2S/c24-17-8-5-15(6-9-17)21-22-20(14-25-30-22)31-19-10-7-16(13-18(19)26-21)23(29)27-28-11-3-1-2-4-12-28/h5-10,13-14H,1-4,11-12H2,(H,27,29). The van der Waals surface area contributed by atoms with E-state index < -0.39 is 0 Å². The van der Waals surface area contributed by atoms with E-state index in [2.05, 4.69) is 10.6 Å². The fourth-order valence-electron chi connectivity index (χ4n) is 3.78. The number of halogens is 1. The quantitative estimate of drug-likeness (QED) is 0.445. The third-order valence-electron chi connectivity index (χ3n) is 5.41. The van der Waals surface area contributed by atoms with Crippen LogP contribution in [0.5, 0.6) is 0 Å². The predicted octanol–water partition coefficient (Wildman–Crippen LogP) is 5.48. The molecule has 3 heterocycles. The molecule has 0 saturated carbocycles. The summed E-state index contributed by atoms with van der Waals surface area (Å²) >= 11 is 7.59. The molecule has 0 radical (unpaired) electrons. The number of aromatic nitrogens is 1. The number of carbonyl (C=O) groups excluding carboxylic acids is 1. The van der Waals surface area contributed by atoms with Crippen molar-refractivity contribution in [2.75, 3.05) is 13.1 Å². The molecule has 2 aliphatic heterocycles. The monoisotopic (exact) mass is 452 g/mol. The first-order chi connectivity index (χ1) is 15.2. The molecule has 5 rings (SSSR count). The van der Waals surface area contributed by atoms with Gasteiger partial charge in [-0.1, -0.05) is 53.5 Å². The summed E-state index contributed by atoms with van der Waals surface area (Å²) in [5, 5.41) is 6.64. The van der Waals surface area contributed by atoms with E-state index in [1.165, 1.54) is 24.6 Å². The second-order valence-electron chi connectivity index (χ2n) is 7.61. The summed E-state index contributed by atoms with van der Waals surface area (Å²) in [7, 11) is 0. The lowest BCUT2D eigenvalue weighted by Crippen LogP contribution is -2.42. The molecule has 2 aliphatic rings. The van der Waals surface area contributed by atoms with E-state index in [1.807, 2.05) is 47.5 Å². The molecular weight excluding hydrogens is 432 g/mol. The van der Waals surface area contributed by atoms with Gasteiger partial charge in [0.05, 0.1) is 16.8 Å².